The molecule has 0 saturated heterocycles. The van der Waals surface area contributed by atoms with Gasteiger partial charge in [-0.25, -0.2) is 15.8 Å². The van der Waals surface area contributed by atoms with Crippen LogP contribution in [0, 0.1) is 3.57 Å². The molecule has 1 aromatic heterocycles. The van der Waals surface area contributed by atoms with E-state index in [4.69, 9.17) is 17.4 Å². The van der Waals surface area contributed by atoms with Gasteiger partial charge in [-0.3, -0.25) is 0 Å². The zero-order chi connectivity index (χ0) is 13.8. The fourth-order valence-corrected chi connectivity index (χ4v) is 2.67. The van der Waals surface area contributed by atoms with Crippen molar-refractivity contribution < 1.29 is 0 Å². The molecule has 2 rings (SSSR count). The van der Waals surface area contributed by atoms with E-state index in [1.54, 1.807) is 6.07 Å². The Bertz CT molecular complexity index is 573. The maximum atomic E-state index is 6.17. The molecule has 0 aliphatic rings. The lowest BCUT2D eigenvalue weighted by Gasteiger charge is -2.10. The van der Waals surface area contributed by atoms with Gasteiger partial charge >= 0.3 is 0 Å². The summed E-state index contributed by atoms with van der Waals surface area (Å²) >= 11 is 9.82. The molecule has 0 unspecified atom stereocenters. The monoisotopic (exact) mass is 407 g/mol. The van der Waals surface area contributed by atoms with Crippen LogP contribution in [0.3, 0.4) is 0 Å². The summed E-state index contributed by atoms with van der Waals surface area (Å²) < 4.78 is 1.07. The molecule has 0 fully saturated rings. The number of benzene rings is 1. The minimum atomic E-state index is 0.545. The van der Waals surface area contributed by atoms with E-state index in [-0.39, 0.29) is 0 Å². The number of aromatic nitrogens is 2. The van der Waals surface area contributed by atoms with Crippen molar-refractivity contribution in [2.75, 3.05) is 17.0 Å². The van der Waals surface area contributed by atoms with Crippen molar-refractivity contribution in [2.45, 2.75) is 5.16 Å². The zero-order valence-electron chi connectivity index (χ0n) is 9.95. The summed E-state index contributed by atoms with van der Waals surface area (Å²) in [5.74, 6) is 6.56. The molecule has 2 aromatic rings. The number of nitrogen functional groups attached to an aromatic ring is 1. The molecule has 0 atom stereocenters. The summed E-state index contributed by atoms with van der Waals surface area (Å²) in [4.78, 5) is 8.53. The molecule has 0 aliphatic carbocycles. The van der Waals surface area contributed by atoms with Crippen LogP contribution in [0.15, 0.2) is 29.4 Å². The maximum absolute atomic E-state index is 6.17. The number of hydrogen-bond acceptors (Lipinski definition) is 6. The van der Waals surface area contributed by atoms with Crippen molar-refractivity contribution in [3.8, 4) is 0 Å². The van der Waals surface area contributed by atoms with Gasteiger partial charge in [0.1, 0.15) is 11.6 Å². The molecular weight excluding hydrogens is 397 g/mol. The van der Waals surface area contributed by atoms with E-state index in [9.17, 15) is 0 Å². The summed E-state index contributed by atoms with van der Waals surface area (Å²) in [5, 5.41) is 4.42. The standard InChI is InChI=1S/C11H11ClIN5S/c1-19-11-16-9(5-10(17-11)18-14)15-8-3-2-6(13)4-7(8)12/h2-5H,14H2,1H3,(H2,15,16,17,18). The Balaban J connectivity index is 2.31. The summed E-state index contributed by atoms with van der Waals surface area (Å²) in [5.41, 5.74) is 3.30. The van der Waals surface area contributed by atoms with Gasteiger partial charge in [0.25, 0.3) is 0 Å². The van der Waals surface area contributed by atoms with Crippen LogP contribution >= 0.6 is 46.0 Å². The van der Waals surface area contributed by atoms with Crippen LogP contribution in [0.1, 0.15) is 0 Å². The van der Waals surface area contributed by atoms with Crippen molar-refractivity contribution in [2.24, 2.45) is 5.84 Å². The molecule has 5 nitrogen and oxygen atoms in total. The lowest BCUT2D eigenvalue weighted by Crippen LogP contribution is -2.10. The first-order valence-corrected chi connectivity index (χ1v) is 7.92. The Labute approximate surface area is 133 Å². The fourth-order valence-electron chi connectivity index (χ4n) is 1.38. The average Bonchev–Trinajstić information content (AvgIpc) is 2.41. The highest BCUT2D eigenvalue weighted by Gasteiger charge is 2.06. The Morgan fingerprint density at radius 1 is 1.26 bits per heavy atom. The van der Waals surface area contributed by atoms with Gasteiger partial charge in [-0.05, 0) is 47.0 Å². The van der Waals surface area contributed by atoms with Crippen LogP contribution < -0.4 is 16.6 Å². The van der Waals surface area contributed by atoms with Crippen molar-refractivity contribution in [1.82, 2.24) is 9.97 Å². The zero-order valence-corrected chi connectivity index (χ0v) is 13.7. The number of hydrogen-bond donors (Lipinski definition) is 3. The Morgan fingerprint density at radius 3 is 2.63 bits per heavy atom. The van der Waals surface area contributed by atoms with Gasteiger partial charge in [0.2, 0.25) is 0 Å². The SMILES string of the molecule is CSc1nc(NN)cc(Nc2ccc(I)cc2Cl)n1. The molecule has 4 N–H and O–H groups in total. The van der Waals surface area contributed by atoms with Crippen LogP contribution in [0.4, 0.5) is 17.3 Å². The second-order valence-electron chi connectivity index (χ2n) is 3.52. The number of nitrogens with two attached hydrogens (primary N) is 1. The van der Waals surface area contributed by atoms with Crippen molar-refractivity contribution in [3.05, 3.63) is 32.9 Å². The second-order valence-corrected chi connectivity index (χ2v) is 5.94. The van der Waals surface area contributed by atoms with Gasteiger partial charge in [-0.1, -0.05) is 23.4 Å². The number of anilines is 3. The van der Waals surface area contributed by atoms with Gasteiger partial charge in [-0.2, -0.15) is 0 Å². The van der Waals surface area contributed by atoms with E-state index >= 15 is 0 Å². The topological polar surface area (TPSA) is 75.9 Å². The van der Waals surface area contributed by atoms with Crippen molar-refractivity contribution >= 4 is 63.3 Å². The molecule has 0 bridgehead atoms. The second kappa shape index (κ2) is 6.60. The summed E-state index contributed by atoms with van der Waals surface area (Å²) in [6.45, 7) is 0. The summed E-state index contributed by atoms with van der Waals surface area (Å²) in [6.07, 6.45) is 1.90. The molecule has 1 aromatic carbocycles. The van der Waals surface area contributed by atoms with Crippen LogP contribution in [-0.2, 0) is 0 Å². The molecule has 0 spiro atoms. The molecule has 19 heavy (non-hydrogen) atoms. The normalized spacial score (nSPS) is 10.3. The van der Waals surface area contributed by atoms with Gasteiger partial charge < -0.3 is 10.7 Å². The third-order valence-corrected chi connectivity index (χ3v) is 3.76. The Morgan fingerprint density at radius 2 is 2.00 bits per heavy atom. The molecule has 1 heterocycles. The average molecular weight is 408 g/mol. The van der Waals surface area contributed by atoms with E-state index in [1.165, 1.54) is 11.8 Å². The number of hydrazine groups is 1. The fraction of sp³-hybridized carbons (Fsp3) is 0.0909. The quantitative estimate of drug-likeness (QED) is 0.237. The smallest absolute Gasteiger partial charge is 0.191 e. The van der Waals surface area contributed by atoms with Crippen molar-refractivity contribution in [1.29, 1.82) is 0 Å². The number of halogens is 2. The van der Waals surface area contributed by atoms with E-state index in [0.717, 1.165) is 9.26 Å². The third-order valence-electron chi connectivity index (χ3n) is 2.23. The predicted molar refractivity (Wildman–Crippen MR) is 89.1 cm³/mol. The largest absolute Gasteiger partial charge is 0.339 e. The molecular formula is C11H11ClIN5S. The van der Waals surface area contributed by atoms with Crippen molar-refractivity contribution in [3.63, 3.8) is 0 Å². The van der Waals surface area contributed by atoms with Crippen LogP contribution in [-0.4, -0.2) is 16.2 Å². The lowest BCUT2D eigenvalue weighted by molar-refractivity contribution is 0.971. The first-order valence-electron chi connectivity index (χ1n) is 5.24. The highest BCUT2D eigenvalue weighted by Crippen LogP contribution is 2.27. The molecule has 100 valence electrons. The van der Waals surface area contributed by atoms with E-state index < -0.39 is 0 Å². The number of nitrogens with one attached hydrogen (secondary N) is 2. The summed E-state index contributed by atoms with van der Waals surface area (Å²) in [7, 11) is 0. The minimum Gasteiger partial charge on any atom is -0.339 e. The molecule has 0 radical (unpaired) electrons. The highest BCUT2D eigenvalue weighted by molar-refractivity contribution is 14.1. The third kappa shape index (κ3) is 3.85. The maximum Gasteiger partial charge on any atom is 0.191 e. The minimum absolute atomic E-state index is 0.545. The molecule has 0 saturated carbocycles. The van der Waals surface area contributed by atoms with Gasteiger partial charge in [0, 0.05) is 9.64 Å². The number of nitrogens with zero attached hydrogens (tertiary/aromatic N) is 2. The van der Waals surface area contributed by atoms with E-state index in [0.29, 0.717) is 21.8 Å². The van der Waals surface area contributed by atoms with Crippen LogP contribution in [0.2, 0.25) is 5.02 Å². The first kappa shape index (κ1) is 14.6. The molecule has 0 amide bonds. The Hall–Kier alpha value is -0.770. The van der Waals surface area contributed by atoms with Gasteiger partial charge in [0.15, 0.2) is 5.16 Å². The molecule has 0 aliphatic heterocycles. The lowest BCUT2D eigenvalue weighted by atomic mass is 10.3. The summed E-state index contributed by atoms with van der Waals surface area (Å²) in [6, 6.07) is 7.46. The first-order chi connectivity index (χ1) is 9.12. The van der Waals surface area contributed by atoms with Crippen LogP contribution in [0.25, 0.3) is 0 Å². The number of thioether (sulfide) groups is 1. The van der Waals surface area contributed by atoms with Gasteiger partial charge in [0.05, 0.1) is 10.7 Å². The molecule has 8 heteroatoms. The van der Waals surface area contributed by atoms with Crippen LogP contribution in [0.5, 0.6) is 0 Å². The van der Waals surface area contributed by atoms with E-state index in [2.05, 4.69) is 43.3 Å². The van der Waals surface area contributed by atoms with E-state index in [1.807, 2.05) is 24.5 Å². The Kier molecular flexibility index (Phi) is 5.08. The van der Waals surface area contributed by atoms with Gasteiger partial charge in [-0.15, -0.1) is 0 Å². The predicted octanol–water partition coefficient (Wildman–Crippen LogP) is 3.49. The highest BCUT2D eigenvalue weighted by atomic mass is 127. The number of rotatable bonds is 4.